The number of aromatic nitrogens is 2. The first-order valence-electron chi connectivity index (χ1n) is 8.80. The highest BCUT2D eigenvalue weighted by Gasteiger charge is 2.18. The van der Waals surface area contributed by atoms with E-state index in [0.29, 0.717) is 30.1 Å². The summed E-state index contributed by atoms with van der Waals surface area (Å²) >= 11 is 6.26. The van der Waals surface area contributed by atoms with Crippen LogP contribution in [-0.2, 0) is 0 Å². The fourth-order valence-electron chi connectivity index (χ4n) is 2.67. The van der Waals surface area contributed by atoms with Gasteiger partial charge in [0.15, 0.2) is 11.5 Å². The van der Waals surface area contributed by atoms with E-state index in [1.165, 1.54) is 12.1 Å². The monoisotopic (exact) mass is 398 g/mol. The van der Waals surface area contributed by atoms with E-state index >= 15 is 0 Å². The maximum Gasteiger partial charge on any atom is 0.277 e. The van der Waals surface area contributed by atoms with Gasteiger partial charge in [-0.1, -0.05) is 16.8 Å². The van der Waals surface area contributed by atoms with Crippen molar-refractivity contribution in [2.75, 3.05) is 18.4 Å². The molecule has 1 N–H and O–H groups in total. The van der Waals surface area contributed by atoms with Crippen molar-refractivity contribution in [1.82, 2.24) is 15.0 Å². The molecule has 2 heterocycles. The van der Waals surface area contributed by atoms with Gasteiger partial charge in [0.25, 0.3) is 11.8 Å². The van der Waals surface area contributed by atoms with Gasteiger partial charge in [-0.05, 0) is 44.2 Å². The van der Waals surface area contributed by atoms with Crippen LogP contribution < -0.4 is 5.32 Å². The Bertz CT molecular complexity index is 984. The molecular weight excluding hydrogens is 380 g/mol. The number of hydrogen-bond acceptors (Lipinski definition) is 5. The van der Waals surface area contributed by atoms with Crippen LogP contribution in [0.2, 0.25) is 5.02 Å². The first kappa shape index (κ1) is 19.6. The number of halogens is 1. The van der Waals surface area contributed by atoms with E-state index < -0.39 is 5.91 Å². The summed E-state index contributed by atoms with van der Waals surface area (Å²) in [6, 6.07) is 9.87. The van der Waals surface area contributed by atoms with Crippen LogP contribution in [0.15, 0.2) is 53.3 Å². The summed E-state index contributed by atoms with van der Waals surface area (Å²) in [6.45, 7) is 4.99. The lowest BCUT2D eigenvalue weighted by Gasteiger charge is -2.19. The van der Waals surface area contributed by atoms with Crippen LogP contribution in [0.5, 0.6) is 0 Å². The zero-order valence-corrected chi connectivity index (χ0v) is 16.2. The van der Waals surface area contributed by atoms with E-state index in [-0.39, 0.29) is 16.6 Å². The maximum atomic E-state index is 12.4. The van der Waals surface area contributed by atoms with Crippen LogP contribution >= 0.6 is 11.6 Å². The van der Waals surface area contributed by atoms with Gasteiger partial charge in [-0.2, -0.15) is 0 Å². The van der Waals surface area contributed by atoms with Gasteiger partial charge in [0, 0.05) is 42.8 Å². The number of carbonyl (C=O) groups is 2. The number of nitrogens with one attached hydrogen (secondary N) is 1. The van der Waals surface area contributed by atoms with Crippen molar-refractivity contribution >= 4 is 29.1 Å². The fourth-order valence-corrected chi connectivity index (χ4v) is 2.93. The molecular formula is C20H19ClN4O3. The molecule has 0 fully saturated rings. The van der Waals surface area contributed by atoms with Crippen molar-refractivity contribution < 1.29 is 14.1 Å². The molecule has 0 saturated heterocycles. The Balaban J connectivity index is 1.74. The summed E-state index contributed by atoms with van der Waals surface area (Å²) in [6.07, 6.45) is 3.26. The largest absolute Gasteiger partial charge is 0.355 e. The third kappa shape index (κ3) is 4.20. The summed E-state index contributed by atoms with van der Waals surface area (Å²) in [5.41, 5.74) is 1.69. The molecule has 0 unspecified atom stereocenters. The molecule has 144 valence electrons. The molecule has 2 aromatic heterocycles. The number of carbonyl (C=O) groups excluding carboxylic acids is 2. The Morgan fingerprint density at radius 1 is 1.18 bits per heavy atom. The third-order valence-electron chi connectivity index (χ3n) is 4.20. The van der Waals surface area contributed by atoms with Crippen molar-refractivity contribution in [1.29, 1.82) is 0 Å². The van der Waals surface area contributed by atoms with Crippen LogP contribution in [0.25, 0.3) is 11.3 Å². The van der Waals surface area contributed by atoms with Crippen LogP contribution in [0.4, 0.5) is 5.69 Å². The number of rotatable bonds is 6. The first-order chi connectivity index (χ1) is 13.5. The summed E-state index contributed by atoms with van der Waals surface area (Å²) in [5.74, 6) is -0.153. The molecule has 0 aliphatic carbocycles. The molecule has 0 bridgehead atoms. The van der Waals surface area contributed by atoms with Crippen molar-refractivity contribution in [3.8, 4) is 11.3 Å². The zero-order valence-electron chi connectivity index (χ0n) is 15.5. The normalized spacial score (nSPS) is 10.5. The molecule has 0 radical (unpaired) electrons. The summed E-state index contributed by atoms with van der Waals surface area (Å²) < 4.78 is 5.21. The highest BCUT2D eigenvalue weighted by Crippen LogP contribution is 2.24. The summed E-state index contributed by atoms with van der Waals surface area (Å²) in [4.78, 5) is 30.6. The molecule has 0 aliphatic heterocycles. The molecule has 0 spiro atoms. The van der Waals surface area contributed by atoms with Crippen molar-refractivity contribution in [3.63, 3.8) is 0 Å². The Hall–Kier alpha value is -3.19. The fraction of sp³-hybridized carbons (Fsp3) is 0.200. The Morgan fingerprint density at radius 2 is 1.96 bits per heavy atom. The predicted molar refractivity (Wildman–Crippen MR) is 106 cm³/mol. The van der Waals surface area contributed by atoms with Gasteiger partial charge >= 0.3 is 0 Å². The lowest BCUT2D eigenvalue weighted by Crippen LogP contribution is -2.30. The molecule has 0 saturated carbocycles. The lowest BCUT2D eigenvalue weighted by molar-refractivity contribution is 0.0773. The highest BCUT2D eigenvalue weighted by atomic mass is 35.5. The molecule has 3 aromatic rings. The minimum Gasteiger partial charge on any atom is -0.355 e. The zero-order chi connectivity index (χ0) is 20.1. The van der Waals surface area contributed by atoms with Gasteiger partial charge < -0.3 is 14.7 Å². The second kappa shape index (κ2) is 8.67. The number of anilines is 1. The molecule has 1 aromatic carbocycles. The quantitative estimate of drug-likeness (QED) is 0.674. The highest BCUT2D eigenvalue weighted by molar-refractivity contribution is 6.34. The van der Waals surface area contributed by atoms with Crippen molar-refractivity contribution in [3.05, 3.63) is 65.1 Å². The number of pyridine rings is 1. The van der Waals surface area contributed by atoms with E-state index in [1.54, 1.807) is 41.6 Å². The number of benzene rings is 1. The van der Waals surface area contributed by atoms with Crippen LogP contribution in [0.1, 0.15) is 34.7 Å². The second-order valence-corrected chi connectivity index (χ2v) is 6.35. The average Bonchev–Trinajstić information content (AvgIpc) is 3.20. The predicted octanol–water partition coefficient (Wildman–Crippen LogP) is 4.12. The van der Waals surface area contributed by atoms with Crippen molar-refractivity contribution in [2.45, 2.75) is 13.8 Å². The van der Waals surface area contributed by atoms with E-state index in [2.05, 4.69) is 15.5 Å². The number of hydrogen-bond donors (Lipinski definition) is 1. The minimum atomic E-state index is -0.447. The molecule has 2 amide bonds. The van der Waals surface area contributed by atoms with Gasteiger partial charge in [0.2, 0.25) is 0 Å². The van der Waals surface area contributed by atoms with E-state index in [1.807, 2.05) is 13.8 Å². The molecule has 3 rings (SSSR count). The van der Waals surface area contributed by atoms with E-state index in [9.17, 15) is 9.59 Å². The SMILES string of the molecule is CCN(CC)C(=O)c1ccc(NC(=O)c2cc(-c3cccnc3)on2)cc1Cl. The summed E-state index contributed by atoms with van der Waals surface area (Å²) in [5, 5.41) is 6.76. The van der Waals surface area contributed by atoms with Gasteiger partial charge in [-0.25, -0.2) is 0 Å². The number of amides is 2. The maximum absolute atomic E-state index is 12.4. The molecule has 7 nitrogen and oxygen atoms in total. The minimum absolute atomic E-state index is 0.123. The first-order valence-corrected chi connectivity index (χ1v) is 9.18. The average molecular weight is 399 g/mol. The molecule has 28 heavy (non-hydrogen) atoms. The Morgan fingerprint density at radius 3 is 2.61 bits per heavy atom. The van der Waals surface area contributed by atoms with Crippen LogP contribution in [-0.4, -0.2) is 39.9 Å². The summed E-state index contributed by atoms with van der Waals surface area (Å²) in [7, 11) is 0. The smallest absolute Gasteiger partial charge is 0.277 e. The third-order valence-corrected chi connectivity index (χ3v) is 4.51. The topological polar surface area (TPSA) is 88.3 Å². The second-order valence-electron chi connectivity index (χ2n) is 5.94. The van der Waals surface area contributed by atoms with Gasteiger partial charge in [-0.15, -0.1) is 0 Å². The van der Waals surface area contributed by atoms with Crippen LogP contribution in [0.3, 0.4) is 0 Å². The number of nitrogens with zero attached hydrogens (tertiary/aromatic N) is 3. The van der Waals surface area contributed by atoms with Gasteiger partial charge in [-0.3, -0.25) is 14.6 Å². The Labute approximate surface area is 167 Å². The van der Waals surface area contributed by atoms with Gasteiger partial charge in [0.1, 0.15) is 0 Å². The molecule has 8 heteroatoms. The van der Waals surface area contributed by atoms with Crippen molar-refractivity contribution in [2.24, 2.45) is 0 Å². The van der Waals surface area contributed by atoms with Crippen LogP contribution in [0, 0.1) is 0 Å². The standard InChI is InChI=1S/C20H19ClN4O3/c1-3-25(4-2)20(27)15-8-7-14(10-16(15)21)23-19(26)17-11-18(28-24-17)13-6-5-9-22-12-13/h5-12H,3-4H2,1-2H3,(H,23,26). The molecule has 0 atom stereocenters. The molecule has 0 aliphatic rings. The van der Waals surface area contributed by atoms with Gasteiger partial charge in [0.05, 0.1) is 10.6 Å². The lowest BCUT2D eigenvalue weighted by atomic mass is 10.1. The van der Waals surface area contributed by atoms with E-state index in [4.69, 9.17) is 16.1 Å². The Kier molecular flexibility index (Phi) is 6.06. The van der Waals surface area contributed by atoms with E-state index in [0.717, 1.165) is 5.56 Å².